The van der Waals surface area contributed by atoms with Crippen LogP contribution >= 0.6 is 0 Å². The molecule has 2 saturated carbocycles. The summed E-state index contributed by atoms with van der Waals surface area (Å²) in [7, 11) is 0. The second-order valence-corrected chi connectivity index (χ2v) is 13.1. The number of ether oxygens (including phenoxy) is 3. The van der Waals surface area contributed by atoms with Crippen LogP contribution in [0.5, 0.6) is 0 Å². The van der Waals surface area contributed by atoms with Gasteiger partial charge in [0.15, 0.2) is 0 Å². The van der Waals surface area contributed by atoms with Gasteiger partial charge in [-0.1, -0.05) is 41.9 Å². The maximum absolute atomic E-state index is 14.2. The number of aliphatic hydroxyl groups is 1. The van der Waals surface area contributed by atoms with Crippen molar-refractivity contribution in [3.63, 3.8) is 0 Å². The van der Waals surface area contributed by atoms with Crippen molar-refractivity contribution >= 4 is 17.9 Å². The fraction of sp³-hybridized carbons (Fsp3) is 0.656. The van der Waals surface area contributed by atoms with E-state index in [0.29, 0.717) is 31.3 Å². The number of hydrogen-bond donors (Lipinski definition) is 1. The molecule has 4 aliphatic carbocycles. The second kappa shape index (κ2) is 8.92. The fourth-order valence-electron chi connectivity index (χ4n) is 9.49. The van der Waals surface area contributed by atoms with E-state index in [1.807, 2.05) is 19.9 Å². The van der Waals surface area contributed by atoms with Crippen LogP contribution < -0.4 is 0 Å². The van der Waals surface area contributed by atoms with Crippen LogP contribution in [0.2, 0.25) is 0 Å². The maximum atomic E-state index is 14.2. The largest absolute Gasteiger partial charge is 0.461 e. The highest BCUT2D eigenvalue weighted by Gasteiger charge is 2.79. The molecular weight excluding hydrogens is 496 g/mol. The smallest absolute Gasteiger partial charge is 0.334 e. The number of hydrogen-bond acceptors (Lipinski definition) is 7. The van der Waals surface area contributed by atoms with Gasteiger partial charge in [-0.15, -0.1) is 0 Å². The summed E-state index contributed by atoms with van der Waals surface area (Å²) in [4.78, 5) is 39.2. The highest BCUT2D eigenvalue weighted by molar-refractivity contribution is 5.91. The molecule has 6 rings (SSSR count). The summed E-state index contributed by atoms with van der Waals surface area (Å²) >= 11 is 0. The summed E-state index contributed by atoms with van der Waals surface area (Å²) < 4.78 is 18.1. The lowest BCUT2D eigenvalue weighted by molar-refractivity contribution is -0.156. The molecular formula is C32H40O7. The van der Waals surface area contributed by atoms with Crippen molar-refractivity contribution in [2.24, 2.45) is 34.5 Å². The zero-order chi connectivity index (χ0) is 28.0. The summed E-state index contributed by atoms with van der Waals surface area (Å²) in [6, 6.07) is 0. The topological polar surface area (TPSA) is 99.1 Å². The molecule has 4 fully saturated rings. The molecule has 1 N–H and O–H groups in total. The fourth-order valence-corrected chi connectivity index (χ4v) is 9.49. The molecule has 39 heavy (non-hydrogen) atoms. The number of aliphatic hydroxyl groups excluding tert-OH is 1. The van der Waals surface area contributed by atoms with Crippen LogP contribution in [-0.2, 0) is 28.6 Å². The molecule has 0 aromatic rings. The molecule has 2 saturated heterocycles. The highest BCUT2D eigenvalue weighted by atomic mass is 16.6. The predicted octanol–water partition coefficient (Wildman–Crippen LogP) is 4.75. The van der Waals surface area contributed by atoms with Gasteiger partial charge in [0.05, 0.1) is 11.5 Å². The highest BCUT2D eigenvalue weighted by Crippen LogP contribution is 2.75. The van der Waals surface area contributed by atoms with Gasteiger partial charge in [0.25, 0.3) is 0 Å². The Bertz CT molecular complexity index is 1250. The van der Waals surface area contributed by atoms with Gasteiger partial charge in [0.1, 0.15) is 18.3 Å². The number of carbonyl (C=O) groups excluding carboxylic acids is 3. The molecule has 6 aliphatic rings. The molecule has 10 unspecified atom stereocenters. The molecule has 2 aliphatic heterocycles. The Balaban J connectivity index is 1.53. The molecule has 0 aromatic heterocycles. The molecule has 0 amide bonds. The van der Waals surface area contributed by atoms with Crippen molar-refractivity contribution < 1.29 is 33.7 Å². The van der Waals surface area contributed by atoms with E-state index in [9.17, 15) is 19.5 Å². The van der Waals surface area contributed by atoms with Gasteiger partial charge >= 0.3 is 17.9 Å². The van der Waals surface area contributed by atoms with Crippen LogP contribution in [0.1, 0.15) is 73.1 Å². The Hall–Kier alpha value is -2.67. The summed E-state index contributed by atoms with van der Waals surface area (Å²) in [6.45, 7) is 13.7. The van der Waals surface area contributed by atoms with Gasteiger partial charge in [-0.3, -0.25) is 9.59 Å². The predicted molar refractivity (Wildman–Crippen MR) is 143 cm³/mol. The molecule has 210 valence electrons. The van der Waals surface area contributed by atoms with Crippen LogP contribution in [-0.4, -0.2) is 47.4 Å². The van der Waals surface area contributed by atoms with Crippen molar-refractivity contribution in [1.29, 1.82) is 0 Å². The monoisotopic (exact) mass is 536 g/mol. The molecule has 2 bridgehead atoms. The van der Waals surface area contributed by atoms with Crippen LogP contribution in [0.15, 0.2) is 46.6 Å². The summed E-state index contributed by atoms with van der Waals surface area (Å²) in [5.74, 6) is -2.05. The lowest BCUT2D eigenvalue weighted by atomic mass is 9.57. The van der Waals surface area contributed by atoms with Crippen LogP contribution in [0, 0.1) is 34.5 Å². The minimum Gasteiger partial charge on any atom is -0.461 e. The quantitative estimate of drug-likeness (QED) is 0.224. The van der Waals surface area contributed by atoms with Crippen molar-refractivity contribution in [1.82, 2.24) is 0 Å². The van der Waals surface area contributed by atoms with E-state index in [1.54, 1.807) is 0 Å². The first-order chi connectivity index (χ1) is 18.4. The maximum Gasteiger partial charge on any atom is 0.334 e. The van der Waals surface area contributed by atoms with E-state index in [1.165, 1.54) is 6.92 Å². The van der Waals surface area contributed by atoms with E-state index in [-0.39, 0.29) is 35.8 Å². The SMILES string of the molecule is C=C1C(=O)OC2CC(C)C34CC5(C(=O)OC6C=C(C)CCC=C(C)CC(O)C65)C(C(C)=C3CC12)C4OC(C)=O. The third-order valence-corrected chi connectivity index (χ3v) is 11.1. The zero-order valence-electron chi connectivity index (χ0n) is 23.6. The molecule has 2 spiro atoms. The van der Waals surface area contributed by atoms with Gasteiger partial charge in [-0.05, 0) is 71.3 Å². The second-order valence-electron chi connectivity index (χ2n) is 13.1. The molecule has 7 nitrogen and oxygen atoms in total. The number of carbonyl (C=O) groups is 3. The first-order valence-electron chi connectivity index (χ1n) is 14.4. The normalized spacial score (nSPS) is 45.1. The van der Waals surface area contributed by atoms with Crippen molar-refractivity contribution in [2.75, 3.05) is 0 Å². The number of rotatable bonds is 1. The van der Waals surface area contributed by atoms with Crippen LogP contribution in [0.25, 0.3) is 0 Å². The average molecular weight is 537 g/mol. The molecule has 0 radical (unpaired) electrons. The first kappa shape index (κ1) is 26.5. The van der Waals surface area contributed by atoms with Crippen LogP contribution in [0.4, 0.5) is 0 Å². The number of fused-ring (bicyclic) bond motifs is 5. The van der Waals surface area contributed by atoms with Crippen molar-refractivity contribution in [2.45, 2.75) is 97.6 Å². The summed E-state index contributed by atoms with van der Waals surface area (Å²) in [6.07, 6.45) is 5.93. The van der Waals surface area contributed by atoms with Crippen molar-refractivity contribution in [3.05, 3.63) is 46.6 Å². The third kappa shape index (κ3) is 3.54. The standard InChI is InChI=1S/C32H40O7/c1-15-8-7-9-16(2)11-25-27(23(34)10-15)32(30(36)39-25)14-31-17(3)12-24-21(18(4)29(35)38-24)13-22(31)19(5)26(32)28(31)37-20(6)33/h8,11,17,21,23-28,34H,4,7,9-10,12-14H2,1-3,5-6H3. The summed E-state index contributed by atoms with van der Waals surface area (Å²) in [5.41, 5.74) is 3.30. The lowest BCUT2D eigenvalue weighted by Crippen LogP contribution is -2.47. The molecule has 0 aromatic carbocycles. The Morgan fingerprint density at radius 3 is 2.59 bits per heavy atom. The van der Waals surface area contributed by atoms with E-state index in [2.05, 4.69) is 26.5 Å². The van der Waals surface area contributed by atoms with E-state index >= 15 is 0 Å². The van der Waals surface area contributed by atoms with Gasteiger partial charge in [-0.25, -0.2) is 4.79 Å². The van der Waals surface area contributed by atoms with Gasteiger partial charge in [0, 0.05) is 35.7 Å². The van der Waals surface area contributed by atoms with Gasteiger partial charge < -0.3 is 19.3 Å². The van der Waals surface area contributed by atoms with E-state index in [0.717, 1.165) is 35.1 Å². The Labute approximate surface area is 230 Å². The lowest BCUT2D eigenvalue weighted by Gasteiger charge is -2.43. The minimum atomic E-state index is -1.02. The van der Waals surface area contributed by atoms with Crippen LogP contribution in [0.3, 0.4) is 0 Å². The Morgan fingerprint density at radius 2 is 1.87 bits per heavy atom. The molecule has 10 atom stereocenters. The number of esters is 3. The minimum absolute atomic E-state index is 0.0349. The summed E-state index contributed by atoms with van der Waals surface area (Å²) in [5, 5.41) is 11.8. The Kier molecular flexibility index (Phi) is 6.07. The molecule has 7 heteroatoms. The number of allylic oxidation sites excluding steroid dienone is 2. The third-order valence-electron chi connectivity index (χ3n) is 11.1. The van der Waals surface area contributed by atoms with Gasteiger partial charge in [-0.2, -0.15) is 0 Å². The van der Waals surface area contributed by atoms with E-state index in [4.69, 9.17) is 14.2 Å². The van der Waals surface area contributed by atoms with Crippen molar-refractivity contribution in [3.8, 4) is 0 Å². The zero-order valence-corrected chi connectivity index (χ0v) is 23.6. The van der Waals surface area contributed by atoms with Gasteiger partial charge in [0.2, 0.25) is 0 Å². The first-order valence-corrected chi connectivity index (χ1v) is 14.4. The van der Waals surface area contributed by atoms with E-state index < -0.39 is 41.0 Å². The Morgan fingerprint density at radius 1 is 1.13 bits per heavy atom. The average Bonchev–Trinajstić information content (AvgIpc) is 3.42. The molecule has 2 heterocycles.